The van der Waals surface area contributed by atoms with Gasteiger partial charge in [-0.1, -0.05) is 39.0 Å². The lowest BCUT2D eigenvalue weighted by atomic mass is 9.87. The van der Waals surface area contributed by atoms with Crippen LogP contribution in [0.2, 0.25) is 0 Å². The van der Waals surface area contributed by atoms with Crippen molar-refractivity contribution in [1.82, 2.24) is 0 Å². The van der Waals surface area contributed by atoms with Crippen LogP contribution in [0.1, 0.15) is 42.5 Å². The van der Waals surface area contributed by atoms with Crippen LogP contribution >= 0.6 is 0 Å². The van der Waals surface area contributed by atoms with Gasteiger partial charge in [0.1, 0.15) is 0 Å². The zero-order valence-corrected chi connectivity index (χ0v) is 17.4. The largest absolute Gasteiger partial charge is 0.459 e. The fourth-order valence-corrected chi connectivity index (χ4v) is 3.55. The van der Waals surface area contributed by atoms with Gasteiger partial charge in [-0.2, -0.15) is 0 Å². The number of nitrogens with one attached hydrogen (secondary N) is 2. The van der Waals surface area contributed by atoms with Crippen LogP contribution < -0.4 is 15.5 Å². The average Bonchev–Trinajstić information content (AvgIpc) is 3.37. The molecule has 3 amide bonds. The van der Waals surface area contributed by atoms with Gasteiger partial charge < -0.3 is 20.0 Å². The number of benzene rings is 2. The predicted octanol–water partition coefficient (Wildman–Crippen LogP) is 5.42. The van der Waals surface area contributed by atoms with Crippen molar-refractivity contribution < 1.29 is 14.0 Å². The summed E-state index contributed by atoms with van der Waals surface area (Å²) in [6.45, 7) is 7.03. The lowest BCUT2D eigenvalue weighted by Crippen LogP contribution is -2.28. The summed E-state index contributed by atoms with van der Waals surface area (Å²) in [5, 5.41) is 5.70. The molecule has 0 bridgehead atoms. The minimum Gasteiger partial charge on any atom is -0.459 e. The van der Waals surface area contributed by atoms with Crippen molar-refractivity contribution >= 4 is 29.0 Å². The molecule has 0 fully saturated rings. The van der Waals surface area contributed by atoms with E-state index in [9.17, 15) is 9.59 Å². The number of carbonyl (C=O) groups excluding carboxylic acids is 2. The molecular formula is C24H25N3O3. The summed E-state index contributed by atoms with van der Waals surface area (Å²) in [5.74, 6) is 0.122. The van der Waals surface area contributed by atoms with Crippen LogP contribution in [-0.4, -0.2) is 18.5 Å². The lowest BCUT2D eigenvalue weighted by Gasteiger charge is -2.19. The van der Waals surface area contributed by atoms with Crippen LogP contribution in [0.4, 0.5) is 21.9 Å². The highest BCUT2D eigenvalue weighted by Crippen LogP contribution is 2.32. The normalized spacial score (nSPS) is 13.1. The summed E-state index contributed by atoms with van der Waals surface area (Å²) in [5.41, 5.74) is 4.47. The molecule has 6 heteroatoms. The molecule has 0 spiro atoms. The van der Waals surface area contributed by atoms with Gasteiger partial charge in [-0.15, -0.1) is 0 Å². The summed E-state index contributed by atoms with van der Waals surface area (Å²) in [7, 11) is 0. The predicted molar refractivity (Wildman–Crippen MR) is 118 cm³/mol. The summed E-state index contributed by atoms with van der Waals surface area (Å²) in [4.78, 5) is 26.8. The van der Waals surface area contributed by atoms with Crippen molar-refractivity contribution in [2.75, 3.05) is 22.1 Å². The minimum absolute atomic E-state index is 0.0597. The Bertz CT molecular complexity index is 1060. The Hall–Kier alpha value is -3.54. The van der Waals surface area contributed by atoms with Gasteiger partial charge in [-0.25, -0.2) is 4.79 Å². The Morgan fingerprint density at radius 2 is 1.67 bits per heavy atom. The number of anilines is 3. The van der Waals surface area contributed by atoms with E-state index in [0.29, 0.717) is 18.0 Å². The SMILES string of the molecule is CC(C)(C)c1ccc(NC(=O)Nc2ccc3c(c2)N(C(=O)c2ccco2)CC3)cc1. The van der Waals surface area contributed by atoms with E-state index < -0.39 is 0 Å². The topological polar surface area (TPSA) is 74.6 Å². The molecular weight excluding hydrogens is 378 g/mol. The minimum atomic E-state index is -0.333. The van der Waals surface area contributed by atoms with Gasteiger partial charge in [0, 0.05) is 23.6 Å². The maximum Gasteiger partial charge on any atom is 0.323 e. The molecule has 4 rings (SSSR count). The smallest absolute Gasteiger partial charge is 0.323 e. The maximum absolute atomic E-state index is 12.7. The Morgan fingerprint density at radius 3 is 2.33 bits per heavy atom. The van der Waals surface area contributed by atoms with Gasteiger partial charge in [0.25, 0.3) is 5.91 Å². The third kappa shape index (κ3) is 4.08. The summed E-state index contributed by atoms with van der Waals surface area (Å²) in [6.07, 6.45) is 2.26. The first-order valence-corrected chi connectivity index (χ1v) is 9.98. The fraction of sp³-hybridized carbons (Fsp3) is 0.250. The van der Waals surface area contributed by atoms with E-state index >= 15 is 0 Å². The molecule has 0 atom stereocenters. The lowest BCUT2D eigenvalue weighted by molar-refractivity contribution is 0.0963. The number of amides is 3. The number of nitrogens with zero attached hydrogens (tertiary/aromatic N) is 1. The number of hydrogen-bond acceptors (Lipinski definition) is 3. The number of hydrogen-bond donors (Lipinski definition) is 2. The molecule has 1 aliphatic rings. The summed E-state index contributed by atoms with van der Waals surface area (Å²) >= 11 is 0. The molecule has 2 N–H and O–H groups in total. The molecule has 0 saturated carbocycles. The Balaban J connectivity index is 1.45. The van der Waals surface area contributed by atoms with Crippen molar-refractivity contribution in [2.45, 2.75) is 32.6 Å². The number of rotatable bonds is 3. The van der Waals surface area contributed by atoms with E-state index in [1.807, 2.05) is 42.5 Å². The fourth-order valence-electron chi connectivity index (χ4n) is 3.55. The summed E-state index contributed by atoms with van der Waals surface area (Å²) < 4.78 is 5.24. The average molecular weight is 403 g/mol. The standard InChI is InChI=1S/C24H25N3O3/c1-24(2,3)17-7-10-18(11-8-17)25-23(29)26-19-9-6-16-12-13-27(20(16)15-19)22(28)21-5-4-14-30-21/h4-11,14-15H,12-13H2,1-3H3,(H2,25,26,29). The van der Waals surface area contributed by atoms with E-state index in [0.717, 1.165) is 23.4 Å². The number of fused-ring (bicyclic) bond motifs is 1. The molecule has 2 aromatic carbocycles. The van der Waals surface area contributed by atoms with E-state index in [-0.39, 0.29) is 17.4 Å². The molecule has 1 aromatic heterocycles. The van der Waals surface area contributed by atoms with Crippen LogP contribution in [0.3, 0.4) is 0 Å². The molecule has 3 aromatic rings. The first-order valence-electron chi connectivity index (χ1n) is 9.98. The molecule has 0 radical (unpaired) electrons. The third-order valence-electron chi connectivity index (χ3n) is 5.22. The van der Waals surface area contributed by atoms with Crippen LogP contribution in [-0.2, 0) is 11.8 Å². The molecule has 0 unspecified atom stereocenters. The molecule has 154 valence electrons. The quantitative estimate of drug-likeness (QED) is 0.613. The Kier molecular flexibility index (Phi) is 5.08. The highest BCUT2D eigenvalue weighted by Gasteiger charge is 2.27. The highest BCUT2D eigenvalue weighted by atomic mass is 16.3. The number of carbonyl (C=O) groups is 2. The van der Waals surface area contributed by atoms with Crippen molar-refractivity contribution in [3.8, 4) is 0 Å². The first-order chi connectivity index (χ1) is 14.3. The highest BCUT2D eigenvalue weighted by molar-refractivity contribution is 6.06. The molecule has 2 heterocycles. The van der Waals surface area contributed by atoms with Crippen LogP contribution in [0.15, 0.2) is 65.3 Å². The van der Waals surface area contributed by atoms with E-state index in [1.165, 1.54) is 11.8 Å². The zero-order chi connectivity index (χ0) is 21.3. The second-order valence-corrected chi connectivity index (χ2v) is 8.43. The van der Waals surface area contributed by atoms with Crippen molar-refractivity contribution in [3.05, 3.63) is 77.7 Å². The summed E-state index contributed by atoms with van der Waals surface area (Å²) in [6, 6.07) is 16.5. The van der Waals surface area contributed by atoms with Gasteiger partial charge >= 0.3 is 6.03 Å². The van der Waals surface area contributed by atoms with Crippen molar-refractivity contribution in [3.63, 3.8) is 0 Å². The number of furan rings is 1. The first kappa shape index (κ1) is 19.8. The van der Waals surface area contributed by atoms with Gasteiger partial charge in [-0.3, -0.25) is 4.79 Å². The van der Waals surface area contributed by atoms with Crippen molar-refractivity contribution in [1.29, 1.82) is 0 Å². The molecule has 6 nitrogen and oxygen atoms in total. The molecule has 0 saturated heterocycles. The van der Waals surface area contributed by atoms with Gasteiger partial charge in [-0.05, 0) is 59.4 Å². The van der Waals surface area contributed by atoms with Gasteiger partial charge in [0.2, 0.25) is 0 Å². The van der Waals surface area contributed by atoms with Crippen LogP contribution in [0, 0.1) is 0 Å². The zero-order valence-electron chi connectivity index (χ0n) is 17.4. The van der Waals surface area contributed by atoms with E-state index in [4.69, 9.17) is 4.42 Å². The second kappa shape index (κ2) is 7.71. The van der Waals surface area contributed by atoms with E-state index in [1.54, 1.807) is 17.0 Å². The second-order valence-electron chi connectivity index (χ2n) is 8.43. The van der Waals surface area contributed by atoms with E-state index in [2.05, 4.69) is 31.4 Å². The van der Waals surface area contributed by atoms with Gasteiger partial charge in [0.15, 0.2) is 5.76 Å². The Labute approximate surface area is 175 Å². The number of urea groups is 1. The molecule has 30 heavy (non-hydrogen) atoms. The third-order valence-corrected chi connectivity index (χ3v) is 5.22. The molecule has 1 aliphatic heterocycles. The Morgan fingerprint density at radius 1 is 0.967 bits per heavy atom. The van der Waals surface area contributed by atoms with Crippen LogP contribution in [0.5, 0.6) is 0 Å². The van der Waals surface area contributed by atoms with Crippen LogP contribution in [0.25, 0.3) is 0 Å². The monoisotopic (exact) mass is 403 g/mol. The molecule has 0 aliphatic carbocycles. The van der Waals surface area contributed by atoms with Gasteiger partial charge in [0.05, 0.1) is 6.26 Å². The maximum atomic E-state index is 12.7. The van der Waals surface area contributed by atoms with Crippen molar-refractivity contribution in [2.24, 2.45) is 0 Å².